The van der Waals surface area contributed by atoms with E-state index >= 15 is 0 Å². The summed E-state index contributed by atoms with van der Waals surface area (Å²) in [7, 11) is 4.94. The summed E-state index contributed by atoms with van der Waals surface area (Å²) in [4.78, 5) is 18.2. The molecular weight excluding hydrogens is 440 g/mol. The van der Waals surface area contributed by atoms with Crippen molar-refractivity contribution in [2.45, 2.75) is 32.4 Å². The summed E-state index contributed by atoms with van der Waals surface area (Å²) in [6, 6.07) is 21.7. The van der Waals surface area contributed by atoms with Crippen LogP contribution in [0, 0.1) is 6.92 Å². The van der Waals surface area contributed by atoms with Crippen molar-refractivity contribution < 1.29 is 19.0 Å². The molecule has 0 atom stereocenters. The lowest BCUT2D eigenvalue weighted by Crippen LogP contribution is -2.47. The number of rotatable bonds is 8. The highest BCUT2D eigenvalue weighted by molar-refractivity contribution is 6.08. The highest BCUT2D eigenvalue weighted by Gasteiger charge is 2.31. The predicted octanol–water partition coefficient (Wildman–Crippen LogP) is 5.33. The van der Waals surface area contributed by atoms with Gasteiger partial charge in [0.15, 0.2) is 0 Å². The Balaban J connectivity index is 1.54. The quantitative estimate of drug-likeness (QED) is 0.442. The topological polar surface area (TPSA) is 51.2 Å². The van der Waals surface area contributed by atoms with Gasteiger partial charge in [-0.2, -0.15) is 0 Å². The van der Waals surface area contributed by atoms with Crippen molar-refractivity contribution in [3.8, 4) is 17.2 Å². The molecular formula is C29H34N2O4. The Hall–Kier alpha value is -3.51. The zero-order valence-electron chi connectivity index (χ0n) is 21.0. The molecule has 6 nitrogen and oxygen atoms in total. The van der Waals surface area contributed by atoms with Crippen molar-refractivity contribution >= 4 is 11.6 Å². The molecule has 1 aliphatic rings. The minimum absolute atomic E-state index is 0.0240. The van der Waals surface area contributed by atoms with Crippen LogP contribution >= 0.6 is 0 Å². The lowest BCUT2D eigenvalue weighted by molar-refractivity contribution is 0.0955. The fraction of sp³-hybridized carbons (Fsp3) is 0.345. The first-order chi connectivity index (χ1) is 17.0. The van der Waals surface area contributed by atoms with Crippen LogP contribution < -0.4 is 19.1 Å². The summed E-state index contributed by atoms with van der Waals surface area (Å²) < 4.78 is 16.4. The third-order valence-corrected chi connectivity index (χ3v) is 6.58. The second kappa shape index (κ2) is 11.3. The summed E-state index contributed by atoms with van der Waals surface area (Å²) in [5.41, 5.74) is 3.80. The number of benzene rings is 3. The fourth-order valence-corrected chi connectivity index (χ4v) is 4.77. The molecule has 6 heteroatoms. The maximum absolute atomic E-state index is 13.9. The van der Waals surface area contributed by atoms with Crippen LogP contribution in [-0.4, -0.2) is 51.3 Å². The van der Waals surface area contributed by atoms with Crippen LogP contribution in [0.4, 0.5) is 5.69 Å². The Morgan fingerprint density at radius 3 is 2.20 bits per heavy atom. The van der Waals surface area contributed by atoms with Crippen molar-refractivity contribution in [1.82, 2.24) is 4.90 Å². The molecule has 4 rings (SSSR count). The first kappa shape index (κ1) is 24.6. The van der Waals surface area contributed by atoms with Crippen molar-refractivity contribution in [3.05, 3.63) is 83.4 Å². The molecule has 0 N–H and O–H groups in total. The van der Waals surface area contributed by atoms with Crippen LogP contribution in [0.3, 0.4) is 0 Å². The summed E-state index contributed by atoms with van der Waals surface area (Å²) in [5, 5.41) is 0. The smallest absolute Gasteiger partial charge is 0.262 e. The number of nitrogens with zero attached hydrogens (tertiary/aromatic N) is 2. The Kier molecular flexibility index (Phi) is 7.93. The van der Waals surface area contributed by atoms with Crippen molar-refractivity contribution in [3.63, 3.8) is 0 Å². The Morgan fingerprint density at radius 1 is 0.886 bits per heavy atom. The molecule has 0 radical (unpaired) electrons. The van der Waals surface area contributed by atoms with Gasteiger partial charge in [0.25, 0.3) is 5.91 Å². The number of carbonyl (C=O) groups is 1. The predicted molar refractivity (Wildman–Crippen MR) is 139 cm³/mol. The third-order valence-electron chi connectivity index (χ3n) is 6.58. The molecule has 35 heavy (non-hydrogen) atoms. The van der Waals surface area contributed by atoms with E-state index in [0.29, 0.717) is 11.3 Å². The highest BCUT2D eigenvalue weighted by Crippen LogP contribution is 2.30. The Morgan fingerprint density at radius 2 is 1.57 bits per heavy atom. The summed E-state index contributed by atoms with van der Waals surface area (Å²) >= 11 is 0. The van der Waals surface area contributed by atoms with Crippen LogP contribution in [0.5, 0.6) is 17.2 Å². The van der Waals surface area contributed by atoms with Gasteiger partial charge in [-0.1, -0.05) is 24.3 Å². The minimum Gasteiger partial charge on any atom is -0.497 e. The van der Waals surface area contributed by atoms with Gasteiger partial charge in [0.1, 0.15) is 17.2 Å². The minimum atomic E-state index is -0.0240. The van der Waals surface area contributed by atoms with Gasteiger partial charge in [-0.15, -0.1) is 0 Å². The number of likely N-dealkylation sites (tertiary alicyclic amines) is 1. The second-order valence-corrected chi connectivity index (χ2v) is 8.94. The van der Waals surface area contributed by atoms with Gasteiger partial charge in [-0.25, -0.2) is 0 Å². The monoisotopic (exact) mass is 474 g/mol. The molecule has 1 aliphatic heterocycles. The largest absolute Gasteiger partial charge is 0.497 e. The fourth-order valence-electron chi connectivity index (χ4n) is 4.77. The first-order valence-corrected chi connectivity index (χ1v) is 12.0. The normalized spacial score (nSPS) is 14.4. The lowest BCUT2D eigenvalue weighted by Gasteiger charge is -2.39. The lowest BCUT2D eigenvalue weighted by atomic mass is 9.99. The van der Waals surface area contributed by atoms with E-state index in [2.05, 4.69) is 36.1 Å². The van der Waals surface area contributed by atoms with Gasteiger partial charge in [-0.3, -0.25) is 9.69 Å². The van der Waals surface area contributed by atoms with Crippen LogP contribution in [-0.2, 0) is 6.54 Å². The SMILES string of the molecule is COc1cc(CN2CCC(N(C(=O)c3ccccc3OC)c3cccc(C)c3)CC2)cc(OC)c1. The molecule has 3 aromatic rings. The maximum Gasteiger partial charge on any atom is 0.262 e. The van der Waals surface area contributed by atoms with Crippen LogP contribution in [0.2, 0.25) is 0 Å². The number of ether oxygens (including phenoxy) is 3. The van der Waals surface area contributed by atoms with Crippen molar-refractivity contribution in [1.29, 1.82) is 0 Å². The standard InChI is InChI=1S/C29H34N2O4/c1-21-8-7-9-24(16-21)31(29(32)27-10-5-6-11-28(27)35-4)23-12-14-30(15-13-23)20-22-17-25(33-2)19-26(18-22)34-3/h5-11,16-19,23H,12-15,20H2,1-4H3. The number of para-hydroxylation sites is 1. The van der Waals surface area contributed by atoms with E-state index in [4.69, 9.17) is 14.2 Å². The van der Waals surface area contributed by atoms with Crippen molar-refractivity contribution in [2.24, 2.45) is 0 Å². The number of hydrogen-bond donors (Lipinski definition) is 0. The summed E-state index contributed by atoms with van der Waals surface area (Å²) in [5.74, 6) is 2.16. The van der Waals surface area contributed by atoms with Gasteiger partial charge in [-0.05, 0) is 67.3 Å². The third kappa shape index (κ3) is 5.77. The van der Waals surface area contributed by atoms with E-state index in [9.17, 15) is 4.79 Å². The van der Waals surface area contributed by atoms with E-state index in [1.165, 1.54) is 0 Å². The second-order valence-electron chi connectivity index (χ2n) is 8.94. The molecule has 0 bridgehead atoms. The van der Waals surface area contributed by atoms with Gasteiger partial charge >= 0.3 is 0 Å². The summed E-state index contributed by atoms with van der Waals surface area (Å²) in [6.45, 7) is 4.66. The molecule has 1 saturated heterocycles. The van der Waals surface area contributed by atoms with Gasteiger partial charge in [0.2, 0.25) is 0 Å². The zero-order chi connectivity index (χ0) is 24.8. The number of anilines is 1. The molecule has 3 aromatic carbocycles. The number of hydrogen-bond acceptors (Lipinski definition) is 5. The molecule has 0 aromatic heterocycles. The van der Waals surface area contributed by atoms with Crippen LogP contribution in [0.1, 0.15) is 34.3 Å². The number of aryl methyl sites for hydroxylation is 1. The average molecular weight is 475 g/mol. The molecule has 1 heterocycles. The molecule has 1 fully saturated rings. The Labute approximate surface area is 208 Å². The van der Waals surface area contributed by atoms with Gasteiger partial charge in [0.05, 0.1) is 26.9 Å². The van der Waals surface area contributed by atoms with E-state index < -0.39 is 0 Å². The highest BCUT2D eigenvalue weighted by atomic mass is 16.5. The van der Waals surface area contributed by atoms with E-state index in [-0.39, 0.29) is 11.9 Å². The van der Waals surface area contributed by atoms with Crippen LogP contribution in [0.15, 0.2) is 66.7 Å². The molecule has 0 aliphatic carbocycles. The van der Waals surface area contributed by atoms with Crippen LogP contribution in [0.25, 0.3) is 0 Å². The molecule has 1 amide bonds. The number of methoxy groups -OCH3 is 3. The number of amides is 1. The average Bonchev–Trinajstić information content (AvgIpc) is 2.89. The molecule has 0 unspecified atom stereocenters. The Bertz CT molecular complexity index is 1130. The summed E-state index contributed by atoms with van der Waals surface area (Å²) in [6.07, 6.45) is 1.77. The van der Waals surface area contributed by atoms with E-state index in [1.807, 2.05) is 47.4 Å². The van der Waals surface area contributed by atoms with Crippen molar-refractivity contribution in [2.75, 3.05) is 39.3 Å². The number of piperidine rings is 1. The molecule has 0 saturated carbocycles. The first-order valence-electron chi connectivity index (χ1n) is 12.0. The van der Waals surface area contributed by atoms with E-state index in [0.717, 1.165) is 60.8 Å². The van der Waals surface area contributed by atoms with Gasteiger partial charge in [0, 0.05) is 37.4 Å². The molecule has 0 spiro atoms. The number of carbonyl (C=O) groups excluding carboxylic acids is 1. The van der Waals surface area contributed by atoms with Gasteiger partial charge < -0.3 is 19.1 Å². The maximum atomic E-state index is 13.9. The molecule has 184 valence electrons. The zero-order valence-corrected chi connectivity index (χ0v) is 21.0. The van der Waals surface area contributed by atoms with E-state index in [1.54, 1.807) is 21.3 Å².